The van der Waals surface area contributed by atoms with Crippen LogP contribution >= 0.6 is 0 Å². The van der Waals surface area contributed by atoms with Gasteiger partial charge in [0.05, 0.1) is 37.3 Å². The van der Waals surface area contributed by atoms with Crippen molar-refractivity contribution in [2.75, 3.05) is 36.0 Å². The van der Waals surface area contributed by atoms with E-state index in [9.17, 15) is 19.2 Å². The van der Waals surface area contributed by atoms with Gasteiger partial charge in [-0.05, 0) is 12.1 Å². The quantitative estimate of drug-likeness (QED) is 0.563. The summed E-state index contributed by atoms with van der Waals surface area (Å²) in [6.07, 6.45) is -0.00612. The Morgan fingerprint density at radius 1 is 1.08 bits per heavy atom. The van der Waals surface area contributed by atoms with Crippen LogP contribution in [0.1, 0.15) is 6.92 Å². The summed E-state index contributed by atoms with van der Waals surface area (Å²) in [5.41, 5.74) is -1.16. The van der Waals surface area contributed by atoms with Gasteiger partial charge in [-0.25, -0.2) is 22.9 Å². The van der Waals surface area contributed by atoms with Crippen LogP contribution in [0.5, 0.6) is 0 Å². The Morgan fingerprint density at radius 2 is 1.75 bits per heavy atom. The molecule has 0 unspecified atom stereocenters. The highest BCUT2D eigenvalue weighted by Crippen LogP contribution is 2.31. The molecule has 0 radical (unpaired) electrons. The number of aromatic nitrogens is 3. The van der Waals surface area contributed by atoms with E-state index in [1.807, 2.05) is 0 Å². The summed E-state index contributed by atoms with van der Waals surface area (Å²) in [5.74, 6) is -2.10. The average Bonchev–Trinajstić information content (AvgIpc) is 3.08. The topological polar surface area (TPSA) is 119 Å². The molecule has 1 atom stereocenters. The molecule has 5 rings (SSSR count). The van der Waals surface area contributed by atoms with Crippen LogP contribution in [0.2, 0.25) is 0 Å². The number of carbonyl (C=O) groups is 2. The van der Waals surface area contributed by atoms with E-state index in [0.717, 1.165) is 17.0 Å². The van der Waals surface area contributed by atoms with Gasteiger partial charge in [-0.2, -0.15) is 0 Å². The fraction of sp³-hybridized carbons (Fsp3) is 0.348. The molecule has 1 saturated heterocycles. The first kappa shape index (κ1) is 23.5. The van der Waals surface area contributed by atoms with Crippen LogP contribution in [-0.2, 0) is 22.6 Å². The standard InChI is InChI=1S/C23H22F2N6O5/c1-13(32)27-11-15-12-29(23(35)36-15)14-9-17(24)20(18(25)10-14)28-5-7-30-21(33)16-3-2-4-26-19(16)22(34)31(30)8-6-28/h2-4,9-10,15H,5-8,11-12H2,1H3,(H,27,32)/t15-/m0/s1. The minimum atomic E-state index is -0.902. The summed E-state index contributed by atoms with van der Waals surface area (Å²) in [4.78, 5) is 55.7. The maximum Gasteiger partial charge on any atom is 0.414 e. The summed E-state index contributed by atoms with van der Waals surface area (Å²) in [6, 6.07) is 5.16. The van der Waals surface area contributed by atoms with Gasteiger partial charge in [0.25, 0.3) is 11.1 Å². The van der Waals surface area contributed by atoms with Gasteiger partial charge in [0, 0.05) is 38.3 Å². The lowest BCUT2D eigenvalue weighted by atomic mass is 10.2. The van der Waals surface area contributed by atoms with Crippen LogP contribution < -0.4 is 26.2 Å². The molecular formula is C23H22F2N6O5. The molecule has 2 amide bonds. The minimum Gasteiger partial charge on any atom is -0.442 e. The predicted molar refractivity (Wildman–Crippen MR) is 125 cm³/mol. The van der Waals surface area contributed by atoms with Gasteiger partial charge in [-0.1, -0.05) is 0 Å². The number of rotatable bonds is 4. The number of halogens is 2. The number of carbonyl (C=O) groups excluding carboxylic acids is 2. The Hall–Kier alpha value is -4.29. The van der Waals surface area contributed by atoms with Gasteiger partial charge >= 0.3 is 6.09 Å². The fourth-order valence-corrected chi connectivity index (χ4v) is 4.55. The lowest BCUT2D eigenvalue weighted by Gasteiger charge is -2.24. The zero-order valence-electron chi connectivity index (χ0n) is 19.2. The average molecular weight is 500 g/mol. The Balaban J connectivity index is 1.40. The molecule has 1 aromatic carbocycles. The summed E-state index contributed by atoms with van der Waals surface area (Å²) >= 11 is 0. The predicted octanol–water partition coefficient (Wildman–Crippen LogP) is 0.818. The third kappa shape index (κ3) is 4.06. The first-order valence-corrected chi connectivity index (χ1v) is 11.3. The molecule has 1 fully saturated rings. The molecule has 11 nitrogen and oxygen atoms in total. The monoisotopic (exact) mass is 500 g/mol. The SMILES string of the molecule is CC(=O)NC[C@H]1CN(c2cc(F)c(N3CCn4c(=O)c5cccnc5c(=O)n4CC3)c(F)c2)C(=O)O1. The number of nitrogens with zero attached hydrogens (tertiary/aromatic N) is 5. The second kappa shape index (κ2) is 9.06. The number of fused-ring (bicyclic) bond motifs is 2. The van der Waals surface area contributed by atoms with Crippen LogP contribution in [-0.4, -0.2) is 58.6 Å². The van der Waals surface area contributed by atoms with E-state index in [0.29, 0.717) is 0 Å². The Labute approximate surface area is 202 Å². The third-order valence-electron chi connectivity index (χ3n) is 6.25. The van der Waals surface area contributed by atoms with E-state index < -0.39 is 35.0 Å². The van der Waals surface area contributed by atoms with E-state index in [2.05, 4.69) is 10.3 Å². The number of hydrogen-bond acceptors (Lipinski definition) is 7. The molecule has 0 bridgehead atoms. The van der Waals surface area contributed by atoms with Gasteiger partial charge in [0.1, 0.15) is 17.3 Å². The molecule has 188 valence electrons. The highest BCUT2D eigenvalue weighted by Gasteiger charge is 2.34. The molecule has 2 aliphatic heterocycles. The summed E-state index contributed by atoms with van der Waals surface area (Å²) in [7, 11) is 0. The fourth-order valence-electron chi connectivity index (χ4n) is 4.55. The molecule has 1 N–H and O–H groups in total. The molecule has 0 saturated carbocycles. The van der Waals surface area contributed by atoms with E-state index in [-0.39, 0.29) is 67.5 Å². The molecule has 4 heterocycles. The Bertz CT molecular complexity index is 1420. The zero-order chi connectivity index (χ0) is 25.6. The summed E-state index contributed by atoms with van der Waals surface area (Å²) in [5, 5.41) is 2.72. The first-order chi connectivity index (χ1) is 17.2. The van der Waals surface area contributed by atoms with Crippen molar-refractivity contribution in [1.82, 2.24) is 19.7 Å². The number of benzene rings is 1. The maximum atomic E-state index is 15.2. The first-order valence-electron chi connectivity index (χ1n) is 11.3. The Kier molecular flexibility index (Phi) is 5.90. The number of nitrogens with one attached hydrogen (secondary N) is 1. The van der Waals surface area contributed by atoms with Crippen molar-refractivity contribution in [2.45, 2.75) is 26.1 Å². The van der Waals surface area contributed by atoms with Crippen molar-refractivity contribution in [3.8, 4) is 0 Å². The molecule has 13 heteroatoms. The van der Waals surface area contributed by atoms with Crippen molar-refractivity contribution >= 4 is 34.3 Å². The molecule has 0 spiro atoms. The van der Waals surface area contributed by atoms with E-state index in [1.165, 1.54) is 33.5 Å². The van der Waals surface area contributed by atoms with Crippen molar-refractivity contribution in [2.24, 2.45) is 0 Å². The summed E-state index contributed by atoms with van der Waals surface area (Å²) in [6.45, 7) is 1.61. The van der Waals surface area contributed by atoms with E-state index >= 15 is 8.78 Å². The van der Waals surface area contributed by atoms with Crippen LogP contribution in [0.15, 0.2) is 40.1 Å². The molecule has 2 aliphatic rings. The van der Waals surface area contributed by atoms with E-state index in [1.54, 1.807) is 6.07 Å². The highest BCUT2D eigenvalue weighted by atomic mass is 19.1. The number of anilines is 2. The lowest BCUT2D eigenvalue weighted by molar-refractivity contribution is -0.119. The van der Waals surface area contributed by atoms with Crippen LogP contribution in [0.3, 0.4) is 0 Å². The number of cyclic esters (lactones) is 1. The van der Waals surface area contributed by atoms with Crippen LogP contribution in [0, 0.1) is 11.6 Å². The summed E-state index contributed by atoms with van der Waals surface area (Å²) < 4.78 is 38.1. The second-order valence-electron chi connectivity index (χ2n) is 8.55. The molecule has 2 aromatic heterocycles. The van der Waals surface area contributed by atoms with Gasteiger partial charge in [0.2, 0.25) is 5.91 Å². The number of pyridine rings is 1. The van der Waals surface area contributed by atoms with Crippen LogP contribution in [0.4, 0.5) is 25.0 Å². The van der Waals surface area contributed by atoms with Gasteiger partial charge < -0.3 is 15.0 Å². The van der Waals surface area contributed by atoms with Crippen molar-refractivity contribution in [3.63, 3.8) is 0 Å². The molecule has 36 heavy (non-hydrogen) atoms. The third-order valence-corrected chi connectivity index (χ3v) is 6.25. The maximum absolute atomic E-state index is 15.2. The number of hydrogen-bond donors (Lipinski definition) is 1. The van der Waals surface area contributed by atoms with E-state index in [4.69, 9.17) is 4.74 Å². The largest absolute Gasteiger partial charge is 0.442 e. The minimum absolute atomic E-state index is 0.0177. The zero-order valence-corrected chi connectivity index (χ0v) is 19.2. The van der Waals surface area contributed by atoms with Crippen molar-refractivity contribution < 1.29 is 23.1 Å². The molecule has 0 aliphatic carbocycles. The van der Waals surface area contributed by atoms with Crippen molar-refractivity contribution in [1.29, 1.82) is 0 Å². The highest BCUT2D eigenvalue weighted by molar-refractivity contribution is 5.90. The molecule has 3 aromatic rings. The normalized spacial score (nSPS) is 17.6. The lowest BCUT2D eigenvalue weighted by Crippen LogP contribution is -2.39. The van der Waals surface area contributed by atoms with Gasteiger partial charge in [-0.3, -0.25) is 24.3 Å². The Morgan fingerprint density at radius 3 is 2.42 bits per heavy atom. The molecular weight excluding hydrogens is 478 g/mol. The number of amides is 2. The number of ether oxygens (including phenoxy) is 1. The second-order valence-corrected chi connectivity index (χ2v) is 8.55. The smallest absolute Gasteiger partial charge is 0.414 e. The van der Waals surface area contributed by atoms with Crippen molar-refractivity contribution in [3.05, 3.63) is 62.8 Å². The van der Waals surface area contributed by atoms with Gasteiger partial charge in [-0.15, -0.1) is 0 Å². The van der Waals surface area contributed by atoms with Gasteiger partial charge in [0.15, 0.2) is 11.6 Å². The van der Waals surface area contributed by atoms with Crippen LogP contribution in [0.25, 0.3) is 10.9 Å².